The quantitative estimate of drug-likeness (QED) is 0.719. The molecule has 8 heteroatoms. The van der Waals surface area contributed by atoms with Gasteiger partial charge in [-0.15, -0.1) is 0 Å². The Bertz CT molecular complexity index is 850. The van der Waals surface area contributed by atoms with Crippen LogP contribution >= 0.6 is 23.2 Å². The van der Waals surface area contributed by atoms with Crippen LogP contribution < -0.4 is 5.32 Å². The third-order valence-electron chi connectivity index (χ3n) is 4.67. The van der Waals surface area contributed by atoms with Crippen molar-refractivity contribution >= 4 is 35.0 Å². The normalized spacial score (nSPS) is 13.4. The Kier molecular flexibility index (Phi) is 6.39. The van der Waals surface area contributed by atoms with Crippen LogP contribution in [0.15, 0.2) is 18.2 Å². The highest BCUT2D eigenvalue weighted by molar-refractivity contribution is 6.35. The van der Waals surface area contributed by atoms with E-state index in [0.29, 0.717) is 41.8 Å². The highest BCUT2D eigenvalue weighted by Crippen LogP contribution is 2.24. The van der Waals surface area contributed by atoms with E-state index in [-0.39, 0.29) is 18.2 Å². The number of rotatable bonds is 6. The Morgan fingerprint density at radius 2 is 2.15 bits per heavy atom. The first-order valence-corrected chi connectivity index (χ1v) is 9.81. The highest BCUT2D eigenvalue weighted by atomic mass is 35.5. The fourth-order valence-electron chi connectivity index (χ4n) is 3.10. The number of nitrogens with zero attached hydrogens (tertiary/aromatic N) is 2. The number of aromatic amines is 1. The number of fused-ring (bicyclic) bond motifs is 1. The molecule has 0 radical (unpaired) electrons. The van der Waals surface area contributed by atoms with Crippen molar-refractivity contribution < 1.29 is 9.59 Å². The lowest BCUT2D eigenvalue weighted by Gasteiger charge is -2.27. The van der Waals surface area contributed by atoms with Crippen LogP contribution in [0.2, 0.25) is 10.0 Å². The van der Waals surface area contributed by atoms with E-state index in [1.54, 1.807) is 23.1 Å². The van der Waals surface area contributed by atoms with Crippen LogP contribution in [0.4, 0.5) is 0 Å². The summed E-state index contributed by atoms with van der Waals surface area (Å²) < 4.78 is 0. The van der Waals surface area contributed by atoms with Gasteiger partial charge in [-0.2, -0.15) is 5.10 Å². The van der Waals surface area contributed by atoms with Gasteiger partial charge in [0.2, 0.25) is 5.91 Å². The molecule has 2 heterocycles. The van der Waals surface area contributed by atoms with Crippen molar-refractivity contribution in [2.75, 3.05) is 13.1 Å². The Morgan fingerprint density at radius 1 is 1.33 bits per heavy atom. The molecule has 1 aromatic heterocycles. The molecule has 2 amide bonds. The van der Waals surface area contributed by atoms with Gasteiger partial charge in [-0.1, -0.05) is 42.6 Å². The highest BCUT2D eigenvalue weighted by Gasteiger charge is 2.27. The molecule has 144 valence electrons. The number of carbonyl (C=O) groups excluding carboxylic acids is 2. The molecule has 0 unspecified atom stereocenters. The van der Waals surface area contributed by atoms with E-state index in [4.69, 9.17) is 23.2 Å². The third kappa shape index (κ3) is 4.62. The maximum absolute atomic E-state index is 12.7. The summed E-state index contributed by atoms with van der Waals surface area (Å²) in [6, 6.07) is 5.12. The van der Waals surface area contributed by atoms with Crippen LogP contribution in [0.1, 0.15) is 47.1 Å². The summed E-state index contributed by atoms with van der Waals surface area (Å²) >= 11 is 12.1. The van der Waals surface area contributed by atoms with Crippen LogP contribution in [0, 0.1) is 0 Å². The van der Waals surface area contributed by atoms with Gasteiger partial charge in [0.15, 0.2) is 5.69 Å². The average molecular weight is 409 g/mol. The zero-order chi connectivity index (χ0) is 19.4. The number of aromatic nitrogens is 2. The SMILES string of the molecule is CCCCNC(=O)c1n[nH]c2c1CN(C(=O)Cc1ccc(Cl)cc1Cl)CC2. The van der Waals surface area contributed by atoms with E-state index in [0.717, 1.165) is 29.7 Å². The van der Waals surface area contributed by atoms with Crippen LogP contribution in [0.3, 0.4) is 0 Å². The molecule has 0 bridgehead atoms. The first-order chi connectivity index (χ1) is 13.0. The van der Waals surface area contributed by atoms with Crippen molar-refractivity contribution in [1.29, 1.82) is 0 Å². The number of nitrogens with one attached hydrogen (secondary N) is 2. The molecule has 0 spiro atoms. The zero-order valence-electron chi connectivity index (χ0n) is 15.1. The molecule has 0 aliphatic carbocycles. The smallest absolute Gasteiger partial charge is 0.272 e. The van der Waals surface area contributed by atoms with Gasteiger partial charge in [0.25, 0.3) is 5.91 Å². The van der Waals surface area contributed by atoms with Gasteiger partial charge >= 0.3 is 0 Å². The van der Waals surface area contributed by atoms with Gasteiger partial charge in [-0.3, -0.25) is 14.7 Å². The Hall–Kier alpha value is -2.05. The van der Waals surface area contributed by atoms with E-state index >= 15 is 0 Å². The van der Waals surface area contributed by atoms with E-state index < -0.39 is 0 Å². The molecular weight excluding hydrogens is 387 g/mol. The molecule has 0 saturated heterocycles. The van der Waals surface area contributed by atoms with Crippen molar-refractivity contribution in [3.8, 4) is 0 Å². The van der Waals surface area contributed by atoms with Crippen molar-refractivity contribution in [2.45, 2.75) is 39.2 Å². The molecule has 2 aromatic rings. The van der Waals surface area contributed by atoms with E-state index in [1.165, 1.54) is 0 Å². The lowest BCUT2D eigenvalue weighted by atomic mass is 10.0. The van der Waals surface area contributed by atoms with Crippen LogP contribution in [0.5, 0.6) is 0 Å². The van der Waals surface area contributed by atoms with Crippen LogP contribution in [-0.4, -0.2) is 40.0 Å². The molecular formula is C19H22Cl2N4O2. The summed E-state index contributed by atoms with van der Waals surface area (Å²) in [5.41, 5.74) is 2.83. The Labute approximate surface area is 168 Å². The monoisotopic (exact) mass is 408 g/mol. The minimum absolute atomic E-state index is 0.0385. The molecule has 3 rings (SSSR count). The van der Waals surface area contributed by atoms with Gasteiger partial charge < -0.3 is 10.2 Å². The van der Waals surface area contributed by atoms with Crippen LogP contribution in [-0.2, 0) is 24.2 Å². The predicted molar refractivity (Wildman–Crippen MR) is 105 cm³/mol. The van der Waals surface area contributed by atoms with Crippen molar-refractivity contribution in [1.82, 2.24) is 20.4 Å². The second-order valence-corrected chi connectivity index (χ2v) is 7.46. The minimum atomic E-state index is -0.198. The number of hydrogen-bond donors (Lipinski definition) is 2. The van der Waals surface area contributed by atoms with Crippen molar-refractivity contribution in [3.63, 3.8) is 0 Å². The molecule has 1 aliphatic heterocycles. The molecule has 0 saturated carbocycles. The summed E-state index contributed by atoms with van der Waals surface area (Å²) in [5, 5.41) is 11.0. The lowest BCUT2D eigenvalue weighted by Crippen LogP contribution is -2.37. The number of hydrogen-bond acceptors (Lipinski definition) is 3. The van der Waals surface area contributed by atoms with Gasteiger partial charge in [0.05, 0.1) is 6.42 Å². The maximum atomic E-state index is 12.7. The van der Waals surface area contributed by atoms with Gasteiger partial charge in [-0.05, 0) is 24.1 Å². The fraction of sp³-hybridized carbons (Fsp3) is 0.421. The molecule has 0 atom stereocenters. The van der Waals surface area contributed by atoms with Crippen molar-refractivity contribution in [3.05, 3.63) is 50.8 Å². The maximum Gasteiger partial charge on any atom is 0.272 e. The summed E-state index contributed by atoms with van der Waals surface area (Å²) in [7, 11) is 0. The summed E-state index contributed by atoms with van der Waals surface area (Å²) in [5.74, 6) is -0.237. The second-order valence-electron chi connectivity index (χ2n) is 6.62. The van der Waals surface area contributed by atoms with Gasteiger partial charge in [0.1, 0.15) is 0 Å². The number of carbonyl (C=O) groups is 2. The standard InChI is InChI=1S/C19H22Cl2N4O2/c1-2-3-7-22-19(27)18-14-11-25(8-6-16(14)23-24-18)17(26)9-12-4-5-13(20)10-15(12)21/h4-5,10H,2-3,6-9,11H2,1H3,(H,22,27)(H,23,24). The molecule has 1 aromatic carbocycles. The summed E-state index contributed by atoms with van der Waals surface area (Å²) in [6.45, 7) is 3.64. The largest absolute Gasteiger partial charge is 0.351 e. The molecule has 27 heavy (non-hydrogen) atoms. The molecule has 1 aliphatic rings. The predicted octanol–water partition coefficient (Wildman–Crippen LogP) is 3.37. The molecule has 2 N–H and O–H groups in total. The lowest BCUT2D eigenvalue weighted by molar-refractivity contribution is -0.131. The first kappa shape index (κ1) is 19.7. The number of amides is 2. The van der Waals surface area contributed by atoms with Gasteiger partial charge in [0, 0.05) is 47.4 Å². The number of H-pyrrole nitrogens is 1. The first-order valence-electron chi connectivity index (χ1n) is 9.05. The number of unbranched alkanes of at least 4 members (excludes halogenated alkanes) is 1. The molecule has 6 nitrogen and oxygen atoms in total. The van der Waals surface area contributed by atoms with E-state index in [1.807, 2.05) is 0 Å². The van der Waals surface area contributed by atoms with E-state index in [9.17, 15) is 9.59 Å². The second kappa shape index (κ2) is 8.76. The summed E-state index contributed by atoms with van der Waals surface area (Å²) in [6.07, 6.45) is 2.77. The van der Waals surface area contributed by atoms with Crippen LogP contribution in [0.25, 0.3) is 0 Å². The Morgan fingerprint density at radius 3 is 2.89 bits per heavy atom. The van der Waals surface area contributed by atoms with E-state index in [2.05, 4.69) is 22.4 Å². The minimum Gasteiger partial charge on any atom is -0.351 e. The summed E-state index contributed by atoms with van der Waals surface area (Å²) in [4.78, 5) is 26.8. The fourth-order valence-corrected chi connectivity index (χ4v) is 3.57. The zero-order valence-corrected chi connectivity index (χ0v) is 16.7. The number of halogens is 2. The average Bonchev–Trinajstić information content (AvgIpc) is 3.07. The van der Waals surface area contributed by atoms with Crippen molar-refractivity contribution in [2.24, 2.45) is 0 Å². The topological polar surface area (TPSA) is 78.1 Å². The number of benzene rings is 1. The van der Waals surface area contributed by atoms with Gasteiger partial charge in [-0.25, -0.2) is 0 Å². The third-order valence-corrected chi connectivity index (χ3v) is 5.26. The molecule has 0 fully saturated rings. The Balaban J connectivity index is 1.69.